The van der Waals surface area contributed by atoms with Gasteiger partial charge in [-0.1, -0.05) is 61.9 Å². The van der Waals surface area contributed by atoms with Crippen LogP contribution < -0.4 is 0 Å². The van der Waals surface area contributed by atoms with Gasteiger partial charge in [-0.25, -0.2) is 0 Å². The van der Waals surface area contributed by atoms with Crippen LogP contribution in [0.25, 0.3) is 11.1 Å². The second-order valence-electron chi connectivity index (χ2n) is 4.85. The molecule has 0 amide bonds. The summed E-state index contributed by atoms with van der Waals surface area (Å²) in [6, 6.07) is 14.3. The van der Waals surface area contributed by atoms with Crippen LogP contribution in [0, 0.1) is 0 Å². The first-order chi connectivity index (χ1) is 9.91. The highest BCUT2D eigenvalue weighted by Gasteiger charge is 2.35. The molecule has 0 heterocycles. The van der Waals surface area contributed by atoms with Gasteiger partial charge < -0.3 is 0 Å². The lowest BCUT2D eigenvalue weighted by Crippen LogP contribution is -2.20. The molecule has 0 fully saturated rings. The van der Waals surface area contributed by atoms with E-state index in [0.717, 1.165) is 24.0 Å². The molecular formula is C17H15BrF2O. The number of alkyl halides is 3. The molecule has 2 rings (SSSR count). The number of aryl methyl sites for hydroxylation is 1. The molecule has 0 saturated heterocycles. The molecule has 0 aliphatic heterocycles. The van der Waals surface area contributed by atoms with Gasteiger partial charge >= 0.3 is 4.83 Å². The van der Waals surface area contributed by atoms with Gasteiger partial charge in [-0.05, 0) is 39.0 Å². The number of hydrogen-bond donors (Lipinski definition) is 0. The van der Waals surface area contributed by atoms with E-state index in [2.05, 4.69) is 35.0 Å². The molecule has 2 aromatic rings. The van der Waals surface area contributed by atoms with Crippen LogP contribution in [0.2, 0.25) is 0 Å². The maximum absolute atomic E-state index is 12.9. The predicted octanol–water partition coefficient (Wildman–Crippen LogP) is 5.48. The molecule has 0 saturated carbocycles. The van der Waals surface area contributed by atoms with Crippen LogP contribution in [0.15, 0.2) is 48.5 Å². The number of benzene rings is 2. The van der Waals surface area contributed by atoms with Crippen molar-refractivity contribution in [3.63, 3.8) is 0 Å². The van der Waals surface area contributed by atoms with Crippen LogP contribution in [0.5, 0.6) is 0 Å². The molecule has 110 valence electrons. The highest BCUT2D eigenvalue weighted by Crippen LogP contribution is 2.28. The van der Waals surface area contributed by atoms with Gasteiger partial charge in [0.2, 0.25) is 5.78 Å². The Bertz CT molecular complexity index is 613. The van der Waals surface area contributed by atoms with Gasteiger partial charge in [0, 0.05) is 5.56 Å². The van der Waals surface area contributed by atoms with E-state index in [1.54, 1.807) is 12.1 Å². The van der Waals surface area contributed by atoms with Crippen molar-refractivity contribution < 1.29 is 13.6 Å². The zero-order valence-electron chi connectivity index (χ0n) is 11.6. The fourth-order valence-electron chi connectivity index (χ4n) is 2.13. The molecule has 0 aliphatic rings. The Morgan fingerprint density at radius 3 is 1.90 bits per heavy atom. The molecule has 1 nitrogen and oxygen atoms in total. The first kappa shape index (κ1) is 15.8. The second kappa shape index (κ2) is 6.48. The molecule has 0 spiro atoms. The molecule has 4 heteroatoms. The summed E-state index contributed by atoms with van der Waals surface area (Å²) in [7, 11) is 0. The van der Waals surface area contributed by atoms with Crippen LogP contribution in [0.3, 0.4) is 0 Å². The van der Waals surface area contributed by atoms with Crippen molar-refractivity contribution in [2.24, 2.45) is 0 Å². The summed E-state index contributed by atoms with van der Waals surface area (Å²) in [5.41, 5.74) is 3.15. The zero-order valence-corrected chi connectivity index (χ0v) is 13.2. The third kappa shape index (κ3) is 3.97. The van der Waals surface area contributed by atoms with Crippen molar-refractivity contribution in [2.75, 3.05) is 0 Å². The fraction of sp³-hybridized carbons (Fsp3) is 0.235. The Morgan fingerprint density at radius 2 is 1.48 bits per heavy atom. The lowest BCUT2D eigenvalue weighted by molar-refractivity contribution is 0.0592. The second-order valence-corrected chi connectivity index (χ2v) is 5.85. The molecule has 0 radical (unpaired) electrons. The fourth-order valence-corrected chi connectivity index (χ4v) is 2.36. The molecule has 21 heavy (non-hydrogen) atoms. The van der Waals surface area contributed by atoms with Crippen molar-refractivity contribution in [3.8, 4) is 11.1 Å². The molecule has 0 atom stereocenters. The number of carbonyl (C=O) groups excluding carboxylic acids is 1. The number of Topliss-reactive ketones (excluding diaryl/α,β-unsaturated/α-hetero) is 1. The average Bonchev–Trinajstić information content (AvgIpc) is 2.47. The van der Waals surface area contributed by atoms with Crippen molar-refractivity contribution >= 4 is 21.7 Å². The highest BCUT2D eigenvalue weighted by atomic mass is 79.9. The van der Waals surface area contributed by atoms with Crippen LogP contribution in [0.4, 0.5) is 8.78 Å². The van der Waals surface area contributed by atoms with E-state index in [9.17, 15) is 13.6 Å². The number of carbonyl (C=O) groups is 1. The third-order valence-electron chi connectivity index (χ3n) is 3.23. The minimum absolute atomic E-state index is 0.0109. The Kier molecular flexibility index (Phi) is 4.88. The standard InChI is InChI=1S/C17H15BrF2O/c1-2-3-12-4-6-13(7-5-12)14-8-10-15(11-9-14)16(21)17(18,19)20/h4-11H,2-3H2,1H3. The molecular weight excluding hydrogens is 338 g/mol. The molecule has 0 N–H and O–H groups in total. The molecule has 0 aromatic heterocycles. The first-order valence-electron chi connectivity index (χ1n) is 6.72. The maximum Gasteiger partial charge on any atom is 0.363 e. The summed E-state index contributed by atoms with van der Waals surface area (Å²) in [5.74, 6) is -1.23. The summed E-state index contributed by atoms with van der Waals surface area (Å²) < 4.78 is 25.8. The first-order valence-corrected chi connectivity index (χ1v) is 7.52. The van der Waals surface area contributed by atoms with Gasteiger partial charge in [-0.15, -0.1) is 0 Å². The SMILES string of the molecule is CCCc1ccc(-c2ccc(C(=O)C(F)(F)Br)cc2)cc1. The monoisotopic (exact) mass is 352 g/mol. The molecule has 2 aromatic carbocycles. The van der Waals surface area contributed by atoms with E-state index < -0.39 is 10.6 Å². The molecule has 0 aliphatic carbocycles. The van der Waals surface area contributed by atoms with Crippen molar-refractivity contribution in [2.45, 2.75) is 24.6 Å². The zero-order chi connectivity index (χ0) is 15.5. The van der Waals surface area contributed by atoms with Gasteiger partial charge in [-0.3, -0.25) is 4.79 Å². The summed E-state index contributed by atoms with van der Waals surface area (Å²) in [6.45, 7) is 2.13. The summed E-state index contributed by atoms with van der Waals surface area (Å²) in [6.07, 6.45) is 2.13. The quantitative estimate of drug-likeness (QED) is 0.514. The average molecular weight is 353 g/mol. The third-order valence-corrected chi connectivity index (χ3v) is 3.59. The largest absolute Gasteiger partial charge is 0.363 e. The molecule has 0 unspecified atom stereocenters. The topological polar surface area (TPSA) is 17.1 Å². The van der Waals surface area contributed by atoms with Crippen molar-refractivity contribution in [1.82, 2.24) is 0 Å². The smallest absolute Gasteiger partial charge is 0.286 e. The van der Waals surface area contributed by atoms with Crippen LogP contribution >= 0.6 is 15.9 Å². The van der Waals surface area contributed by atoms with E-state index in [1.165, 1.54) is 17.7 Å². The summed E-state index contributed by atoms with van der Waals surface area (Å²) >= 11 is 2.08. The van der Waals surface area contributed by atoms with E-state index >= 15 is 0 Å². The van der Waals surface area contributed by atoms with Gasteiger partial charge in [0.15, 0.2) is 0 Å². The number of rotatable bonds is 5. The lowest BCUT2D eigenvalue weighted by atomic mass is 10.0. The van der Waals surface area contributed by atoms with Crippen LogP contribution in [-0.4, -0.2) is 10.6 Å². The Balaban J connectivity index is 2.21. The van der Waals surface area contributed by atoms with E-state index in [-0.39, 0.29) is 5.56 Å². The summed E-state index contributed by atoms with van der Waals surface area (Å²) in [5, 5.41) is 0. The summed E-state index contributed by atoms with van der Waals surface area (Å²) in [4.78, 5) is 7.92. The normalized spacial score (nSPS) is 11.4. The predicted molar refractivity (Wildman–Crippen MR) is 84.1 cm³/mol. The van der Waals surface area contributed by atoms with Gasteiger partial charge in [0.1, 0.15) is 0 Å². The van der Waals surface area contributed by atoms with Gasteiger partial charge in [0.25, 0.3) is 0 Å². The van der Waals surface area contributed by atoms with E-state index in [4.69, 9.17) is 0 Å². The van der Waals surface area contributed by atoms with Crippen LogP contribution in [-0.2, 0) is 6.42 Å². The minimum Gasteiger partial charge on any atom is -0.286 e. The van der Waals surface area contributed by atoms with Gasteiger partial charge in [-0.2, -0.15) is 8.78 Å². The minimum atomic E-state index is -3.52. The van der Waals surface area contributed by atoms with Crippen LogP contribution in [0.1, 0.15) is 29.3 Å². The molecule has 0 bridgehead atoms. The lowest BCUT2D eigenvalue weighted by Gasteiger charge is -2.08. The van der Waals surface area contributed by atoms with Gasteiger partial charge in [0.05, 0.1) is 0 Å². The Hall–Kier alpha value is -1.55. The van der Waals surface area contributed by atoms with Crippen molar-refractivity contribution in [1.29, 1.82) is 0 Å². The maximum atomic E-state index is 12.9. The van der Waals surface area contributed by atoms with E-state index in [0.29, 0.717) is 0 Å². The highest BCUT2D eigenvalue weighted by molar-refractivity contribution is 9.10. The van der Waals surface area contributed by atoms with Crippen molar-refractivity contribution in [3.05, 3.63) is 59.7 Å². The number of halogens is 3. The Morgan fingerprint density at radius 1 is 1.00 bits per heavy atom. The number of hydrogen-bond acceptors (Lipinski definition) is 1. The Labute approximate surface area is 131 Å². The number of ketones is 1. The van der Waals surface area contributed by atoms with E-state index in [1.807, 2.05) is 12.1 Å².